The van der Waals surface area contributed by atoms with Crippen LogP contribution in [0.15, 0.2) is 93.8 Å². The number of hydrogen-bond acceptors (Lipinski definition) is 4. The van der Waals surface area contributed by atoms with Gasteiger partial charge in [-0.3, -0.25) is 4.98 Å². The van der Waals surface area contributed by atoms with Crippen LogP contribution in [0, 0.1) is 5.82 Å². The SMILES string of the molecule is Fc1ccccc1N=c1scc(-c2cc3ccccc3o2)n1CCc1ccccn1. The van der Waals surface area contributed by atoms with Gasteiger partial charge in [0, 0.05) is 35.6 Å². The summed E-state index contributed by atoms with van der Waals surface area (Å²) in [6.07, 6.45) is 2.52. The number of hydrogen-bond donors (Lipinski definition) is 0. The third-order valence-electron chi connectivity index (χ3n) is 4.86. The minimum atomic E-state index is -0.340. The lowest BCUT2D eigenvalue weighted by Crippen LogP contribution is -2.17. The average Bonchev–Trinajstić information content (AvgIpc) is 3.38. The lowest BCUT2D eigenvalue weighted by molar-refractivity contribution is 0.605. The van der Waals surface area contributed by atoms with Gasteiger partial charge in [-0.25, -0.2) is 9.38 Å². The number of para-hydroxylation sites is 2. The molecule has 0 spiro atoms. The van der Waals surface area contributed by atoms with Gasteiger partial charge in [0.15, 0.2) is 10.6 Å². The Morgan fingerprint density at radius 1 is 1.00 bits per heavy atom. The van der Waals surface area contributed by atoms with Gasteiger partial charge in [-0.05, 0) is 36.4 Å². The summed E-state index contributed by atoms with van der Waals surface area (Å²) < 4.78 is 22.4. The Hall–Kier alpha value is -3.51. The number of fused-ring (bicyclic) bond motifs is 1. The molecule has 3 aromatic heterocycles. The van der Waals surface area contributed by atoms with Crippen LogP contribution in [0.2, 0.25) is 0 Å². The summed E-state index contributed by atoms with van der Waals surface area (Å²) in [6, 6.07) is 22.4. The second-order valence-electron chi connectivity index (χ2n) is 6.84. The molecule has 0 atom stereocenters. The zero-order valence-corrected chi connectivity index (χ0v) is 16.8. The van der Waals surface area contributed by atoms with Crippen molar-refractivity contribution in [2.75, 3.05) is 0 Å². The fourth-order valence-electron chi connectivity index (χ4n) is 3.36. The number of furan rings is 1. The molecule has 5 rings (SSSR count). The molecule has 0 unspecified atom stereocenters. The molecular weight excluding hydrogens is 397 g/mol. The zero-order valence-electron chi connectivity index (χ0n) is 16.0. The van der Waals surface area contributed by atoms with E-state index < -0.39 is 0 Å². The molecule has 0 saturated carbocycles. The first kappa shape index (κ1) is 18.5. The van der Waals surface area contributed by atoms with Crippen molar-refractivity contribution in [3.8, 4) is 11.5 Å². The highest BCUT2D eigenvalue weighted by atomic mass is 32.1. The molecule has 5 aromatic rings. The van der Waals surface area contributed by atoms with Crippen molar-refractivity contribution in [2.45, 2.75) is 13.0 Å². The van der Waals surface area contributed by atoms with E-state index in [-0.39, 0.29) is 5.82 Å². The van der Waals surface area contributed by atoms with E-state index in [2.05, 4.69) is 14.5 Å². The molecule has 6 heteroatoms. The second-order valence-corrected chi connectivity index (χ2v) is 7.67. The predicted octanol–water partition coefficient (Wildman–Crippen LogP) is 5.97. The number of halogens is 1. The molecule has 0 amide bonds. The summed E-state index contributed by atoms with van der Waals surface area (Å²) in [5.74, 6) is 0.427. The Morgan fingerprint density at radius 2 is 1.83 bits per heavy atom. The maximum absolute atomic E-state index is 14.2. The first-order valence-corrected chi connectivity index (χ1v) is 10.5. The molecule has 0 fully saturated rings. The van der Waals surface area contributed by atoms with Crippen LogP contribution in [0.3, 0.4) is 0 Å². The topological polar surface area (TPSA) is 43.3 Å². The Morgan fingerprint density at radius 3 is 2.67 bits per heavy atom. The molecule has 0 radical (unpaired) electrons. The number of nitrogens with zero attached hydrogens (tertiary/aromatic N) is 3. The lowest BCUT2D eigenvalue weighted by atomic mass is 10.2. The van der Waals surface area contributed by atoms with E-state index in [1.807, 2.05) is 53.9 Å². The minimum absolute atomic E-state index is 0.321. The van der Waals surface area contributed by atoms with E-state index in [4.69, 9.17) is 4.42 Å². The minimum Gasteiger partial charge on any atom is -0.454 e. The number of thiazole rings is 1. The van der Waals surface area contributed by atoms with Crippen LogP contribution in [-0.2, 0) is 13.0 Å². The molecule has 0 N–H and O–H groups in total. The maximum atomic E-state index is 14.2. The zero-order chi connectivity index (χ0) is 20.3. The van der Waals surface area contributed by atoms with Gasteiger partial charge in [0.25, 0.3) is 0 Å². The van der Waals surface area contributed by atoms with Crippen LogP contribution in [0.4, 0.5) is 10.1 Å². The molecule has 0 aliphatic carbocycles. The third kappa shape index (κ3) is 3.69. The normalized spacial score (nSPS) is 12.0. The van der Waals surface area contributed by atoms with Crippen molar-refractivity contribution in [3.63, 3.8) is 0 Å². The highest BCUT2D eigenvalue weighted by Crippen LogP contribution is 2.28. The van der Waals surface area contributed by atoms with Crippen molar-refractivity contribution < 1.29 is 8.81 Å². The standard InChI is InChI=1S/C24H18FN3OS/c25-19-9-2-3-10-20(19)27-24-28(14-12-18-8-5-6-13-26-18)21(16-30-24)23-15-17-7-1-4-11-22(17)29-23/h1-11,13,15-16H,12,14H2. The Balaban J connectivity index is 1.61. The van der Waals surface area contributed by atoms with Crippen molar-refractivity contribution in [1.29, 1.82) is 0 Å². The van der Waals surface area contributed by atoms with Crippen LogP contribution in [-0.4, -0.2) is 9.55 Å². The molecule has 2 aromatic carbocycles. The molecule has 30 heavy (non-hydrogen) atoms. The van der Waals surface area contributed by atoms with E-state index in [1.165, 1.54) is 17.4 Å². The number of pyridine rings is 1. The van der Waals surface area contributed by atoms with Gasteiger partial charge >= 0.3 is 0 Å². The smallest absolute Gasteiger partial charge is 0.190 e. The van der Waals surface area contributed by atoms with Crippen LogP contribution >= 0.6 is 11.3 Å². The van der Waals surface area contributed by atoms with Gasteiger partial charge in [0.1, 0.15) is 17.1 Å². The largest absolute Gasteiger partial charge is 0.454 e. The van der Waals surface area contributed by atoms with Crippen LogP contribution in [0.1, 0.15) is 5.69 Å². The summed E-state index contributed by atoms with van der Waals surface area (Å²) in [5.41, 5.74) is 3.07. The van der Waals surface area contributed by atoms with Crippen molar-refractivity contribution in [2.24, 2.45) is 4.99 Å². The highest BCUT2D eigenvalue weighted by molar-refractivity contribution is 7.07. The Kier molecular flexibility index (Phi) is 4.99. The van der Waals surface area contributed by atoms with Gasteiger partial charge in [0.2, 0.25) is 0 Å². The molecule has 0 aliphatic heterocycles. The van der Waals surface area contributed by atoms with Gasteiger partial charge < -0.3 is 8.98 Å². The lowest BCUT2D eigenvalue weighted by Gasteiger charge is -2.07. The van der Waals surface area contributed by atoms with E-state index in [0.717, 1.165) is 34.5 Å². The second kappa shape index (κ2) is 8.08. The van der Waals surface area contributed by atoms with E-state index in [9.17, 15) is 4.39 Å². The molecule has 0 aliphatic rings. The van der Waals surface area contributed by atoms with Crippen LogP contribution < -0.4 is 4.80 Å². The van der Waals surface area contributed by atoms with Crippen molar-refractivity contribution >= 4 is 28.0 Å². The molecule has 3 heterocycles. The maximum Gasteiger partial charge on any atom is 0.190 e. The summed E-state index contributed by atoms with van der Waals surface area (Å²) in [5, 5.41) is 3.05. The summed E-state index contributed by atoms with van der Waals surface area (Å²) >= 11 is 1.47. The Bertz CT molecular complexity index is 1340. The molecular formula is C24H18FN3OS. The van der Waals surface area contributed by atoms with Gasteiger partial charge in [-0.1, -0.05) is 36.4 Å². The van der Waals surface area contributed by atoms with Gasteiger partial charge in [0.05, 0.1) is 5.69 Å². The highest BCUT2D eigenvalue weighted by Gasteiger charge is 2.14. The average molecular weight is 415 g/mol. The number of aryl methyl sites for hydroxylation is 1. The van der Waals surface area contributed by atoms with E-state index in [1.54, 1.807) is 24.4 Å². The fraction of sp³-hybridized carbons (Fsp3) is 0.0833. The molecule has 0 saturated heterocycles. The third-order valence-corrected chi connectivity index (χ3v) is 5.73. The first-order valence-electron chi connectivity index (χ1n) is 9.64. The van der Waals surface area contributed by atoms with Crippen molar-refractivity contribution in [1.82, 2.24) is 9.55 Å². The van der Waals surface area contributed by atoms with Crippen molar-refractivity contribution in [3.05, 3.63) is 101 Å². The van der Waals surface area contributed by atoms with Gasteiger partial charge in [-0.15, -0.1) is 11.3 Å². The Labute approximate surface area is 176 Å². The fourth-order valence-corrected chi connectivity index (χ4v) is 4.29. The quantitative estimate of drug-likeness (QED) is 0.355. The molecule has 148 valence electrons. The summed E-state index contributed by atoms with van der Waals surface area (Å²) in [6.45, 7) is 0.653. The first-order chi connectivity index (χ1) is 14.8. The number of benzene rings is 2. The van der Waals surface area contributed by atoms with Gasteiger partial charge in [-0.2, -0.15) is 0 Å². The van der Waals surface area contributed by atoms with Crippen LogP contribution in [0.25, 0.3) is 22.4 Å². The number of aromatic nitrogens is 2. The van der Waals surface area contributed by atoms with E-state index in [0.29, 0.717) is 17.0 Å². The number of rotatable bonds is 5. The molecule has 0 bridgehead atoms. The van der Waals surface area contributed by atoms with Crippen LogP contribution in [0.5, 0.6) is 0 Å². The predicted molar refractivity (Wildman–Crippen MR) is 117 cm³/mol. The summed E-state index contributed by atoms with van der Waals surface area (Å²) in [7, 11) is 0. The molecule has 4 nitrogen and oxygen atoms in total. The monoisotopic (exact) mass is 415 g/mol. The summed E-state index contributed by atoms with van der Waals surface area (Å²) in [4.78, 5) is 9.73. The van der Waals surface area contributed by atoms with E-state index >= 15 is 0 Å².